The highest BCUT2D eigenvalue weighted by Crippen LogP contribution is 2.55. The molecule has 35 heavy (non-hydrogen) atoms. The number of carbonyl (C=O) groups excluding carboxylic acids is 3. The third-order valence-electron chi connectivity index (χ3n) is 8.54. The van der Waals surface area contributed by atoms with Crippen LogP contribution in [0.2, 0.25) is 5.02 Å². The smallest absolute Gasteiger partial charge is 0.246 e. The summed E-state index contributed by atoms with van der Waals surface area (Å²) in [4.78, 5) is 42.5. The van der Waals surface area contributed by atoms with Gasteiger partial charge in [0.05, 0.1) is 17.9 Å². The molecule has 3 aliphatic heterocycles. The van der Waals surface area contributed by atoms with Crippen LogP contribution >= 0.6 is 11.6 Å². The normalized spacial score (nSPS) is 37.4. The van der Waals surface area contributed by atoms with Gasteiger partial charge >= 0.3 is 0 Å². The Bertz CT molecular complexity index is 1040. The molecule has 5 rings (SSSR count). The zero-order valence-corrected chi connectivity index (χ0v) is 21.3. The molecule has 0 unspecified atom stereocenters. The van der Waals surface area contributed by atoms with Crippen molar-refractivity contribution in [3.05, 3.63) is 41.4 Å². The number of fused-ring (bicyclic) bond motifs is 1. The maximum absolute atomic E-state index is 13.8. The number of amides is 3. The van der Waals surface area contributed by atoms with Crippen molar-refractivity contribution in [2.45, 2.75) is 70.2 Å². The van der Waals surface area contributed by atoms with Crippen LogP contribution in [0.4, 0.5) is 5.69 Å². The zero-order chi connectivity index (χ0) is 24.9. The number of rotatable bonds is 6. The molecule has 2 N–H and O–H groups in total. The van der Waals surface area contributed by atoms with Crippen molar-refractivity contribution in [1.29, 1.82) is 0 Å². The van der Waals surface area contributed by atoms with Gasteiger partial charge < -0.3 is 20.3 Å². The van der Waals surface area contributed by atoms with Crippen LogP contribution in [-0.2, 0) is 19.1 Å². The van der Waals surface area contributed by atoms with E-state index in [0.29, 0.717) is 35.5 Å². The Labute approximate surface area is 211 Å². The van der Waals surface area contributed by atoms with Crippen molar-refractivity contribution >= 4 is 35.0 Å². The minimum absolute atomic E-state index is 0.0758. The molecule has 3 fully saturated rings. The zero-order valence-electron chi connectivity index (χ0n) is 20.5. The van der Waals surface area contributed by atoms with Gasteiger partial charge in [-0.1, -0.05) is 57.4 Å². The third-order valence-corrected chi connectivity index (χ3v) is 8.79. The van der Waals surface area contributed by atoms with E-state index in [4.69, 9.17) is 16.3 Å². The van der Waals surface area contributed by atoms with Crippen molar-refractivity contribution in [3.8, 4) is 0 Å². The fourth-order valence-corrected chi connectivity index (χ4v) is 6.68. The maximum Gasteiger partial charge on any atom is 0.246 e. The number of ether oxygens (including phenoxy) is 1. The Morgan fingerprint density at radius 1 is 1.17 bits per heavy atom. The number of hydrogen-bond donors (Lipinski definition) is 2. The molecule has 3 heterocycles. The quantitative estimate of drug-likeness (QED) is 0.583. The van der Waals surface area contributed by atoms with E-state index in [1.165, 1.54) is 6.42 Å². The van der Waals surface area contributed by atoms with Crippen molar-refractivity contribution in [3.63, 3.8) is 0 Å². The largest absolute Gasteiger partial charge is 0.359 e. The van der Waals surface area contributed by atoms with Crippen LogP contribution in [0.3, 0.4) is 0 Å². The van der Waals surface area contributed by atoms with E-state index < -0.39 is 29.6 Å². The summed E-state index contributed by atoms with van der Waals surface area (Å²) in [5, 5.41) is 6.75. The fourth-order valence-electron chi connectivity index (χ4n) is 6.55. The Morgan fingerprint density at radius 3 is 2.63 bits per heavy atom. The van der Waals surface area contributed by atoms with Crippen molar-refractivity contribution in [2.75, 3.05) is 11.9 Å². The van der Waals surface area contributed by atoms with Gasteiger partial charge in [0.15, 0.2) is 0 Å². The van der Waals surface area contributed by atoms with Gasteiger partial charge in [-0.3, -0.25) is 14.4 Å². The first kappa shape index (κ1) is 24.3. The molecule has 0 aromatic heterocycles. The summed E-state index contributed by atoms with van der Waals surface area (Å²) in [6, 6.07) is 6.15. The lowest BCUT2D eigenvalue weighted by Crippen LogP contribution is -2.57. The lowest BCUT2D eigenvalue weighted by molar-refractivity contribution is -0.141. The van der Waals surface area contributed by atoms with Crippen LogP contribution in [0.15, 0.2) is 36.4 Å². The molecule has 188 valence electrons. The van der Waals surface area contributed by atoms with Crippen LogP contribution in [0.1, 0.15) is 46.5 Å². The SMILES string of the molecule is CCCN1C(=O)[C@@H]2[C@H](C(=O)Nc3ccc(Cl)cc3)[C@@H]3C=C[C@@]2(O3)[C@@H]1C(=O)N[C@@H]1CCC[C@@H](C)[C@@H]1C. The molecular formula is C27H34ClN3O4. The number of benzene rings is 1. The first-order chi connectivity index (χ1) is 16.8. The molecule has 1 aromatic carbocycles. The molecule has 1 aromatic rings. The molecule has 8 heteroatoms. The molecule has 1 aliphatic carbocycles. The second-order valence-electron chi connectivity index (χ2n) is 10.6. The van der Waals surface area contributed by atoms with E-state index in [2.05, 4.69) is 24.5 Å². The number of likely N-dealkylation sites (tertiary alicyclic amines) is 1. The highest BCUT2D eigenvalue weighted by molar-refractivity contribution is 6.30. The minimum Gasteiger partial charge on any atom is -0.359 e. The van der Waals surface area contributed by atoms with Crippen molar-refractivity contribution in [2.24, 2.45) is 23.7 Å². The van der Waals surface area contributed by atoms with Gasteiger partial charge in [-0.05, 0) is 48.9 Å². The lowest BCUT2D eigenvalue weighted by Gasteiger charge is -2.38. The number of nitrogens with zero attached hydrogens (tertiary/aromatic N) is 1. The summed E-state index contributed by atoms with van der Waals surface area (Å²) in [5.41, 5.74) is -0.516. The van der Waals surface area contributed by atoms with E-state index >= 15 is 0 Å². The first-order valence-electron chi connectivity index (χ1n) is 12.8. The molecule has 0 radical (unpaired) electrons. The van der Waals surface area contributed by atoms with Gasteiger partial charge in [-0.2, -0.15) is 0 Å². The van der Waals surface area contributed by atoms with Gasteiger partial charge in [0, 0.05) is 23.3 Å². The number of hydrogen-bond acceptors (Lipinski definition) is 4. The summed E-state index contributed by atoms with van der Waals surface area (Å²) in [6.07, 6.45) is 7.07. The number of halogens is 1. The predicted molar refractivity (Wildman–Crippen MR) is 134 cm³/mol. The minimum atomic E-state index is -1.12. The molecule has 3 amide bonds. The van der Waals surface area contributed by atoms with Gasteiger partial charge in [0.1, 0.15) is 11.6 Å². The van der Waals surface area contributed by atoms with Gasteiger partial charge in [0.25, 0.3) is 0 Å². The second kappa shape index (κ2) is 9.25. The van der Waals surface area contributed by atoms with Crippen LogP contribution < -0.4 is 10.6 Å². The highest BCUT2D eigenvalue weighted by atomic mass is 35.5. The predicted octanol–water partition coefficient (Wildman–Crippen LogP) is 3.78. The van der Waals surface area contributed by atoms with Crippen LogP contribution in [0.5, 0.6) is 0 Å². The summed E-state index contributed by atoms with van der Waals surface area (Å²) in [7, 11) is 0. The number of anilines is 1. The first-order valence-corrected chi connectivity index (χ1v) is 13.2. The lowest BCUT2D eigenvalue weighted by atomic mass is 9.73. The molecule has 2 bridgehead atoms. The van der Waals surface area contributed by atoms with Gasteiger partial charge in [-0.15, -0.1) is 0 Å². The molecule has 1 saturated carbocycles. The Kier molecular flexibility index (Phi) is 6.43. The topological polar surface area (TPSA) is 87.7 Å². The highest BCUT2D eigenvalue weighted by Gasteiger charge is 2.72. The Morgan fingerprint density at radius 2 is 1.91 bits per heavy atom. The van der Waals surface area contributed by atoms with Crippen LogP contribution in [0, 0.1) is 23.7 Å². The monoisotopic (exact) mass is 499 g/mol. The fraction of sp³-hybridized carbons (Fsp3) is 0.593. The Hall–Kier alpha value is -2.38. The van der Waals surface area contributed by atoms with Gasteiger partial charge in [0.2, 0.25) is 17.7 Å². The van der Waals surface area contributed by atoms with E-state index in [1.807, 2.05) is 19.1 Å². The maximum atomic E-state index is 13.8. The summed E-state index contributed by atoms with van der Waals surface area (Å²) in [5.74, 6) is -1.16. The molecular weight excluding hydrogens is 466 g/mol. The summed E-state index contributed by atoms with van der Waals surface area (Å²) >= 11 is 5.97. The summed E-state index contributed by atoms with van der Waals surface area (Å²) in [6.45, 7) is 6.85. The van der Waals surface area contributed by atoms with Crippen molar-refractivity contribution in [1.82, 2.24) is 10.2 Å². The third kappa shape index (κ3) is 3.97. The van der Waals surface area contributed by atoms with Crippen LogP contribution in [0.25, 0.3) is 0 Å². The Balaban J connectivity index is 1.41. The number of carbonyl (C=O) groups is 3. The van der Waals surface area contributed by atoms with Gasteiger partial charge in [-0.25, -0.2) is 0 Å². The molecule has 8 atom stereocenters. The van der Waals surface area contributed by atoms with E-state index in [0.717, 1.165) is 12.8 Å². The van der Waals surface area contributed by atoms with Crippen molar-refractivity contribution < 1.29 is 19.1 Å². The molecule has 1 spiro atoms. The second-order valence-corrected chi connectivity index (χ2v) is 11.0. The van der Waals surface area contributed by atoms with Crippen LogP contribution in [-0.4, -0.2) is 53.0 Å². The average molecular weight is 500 g/mol. The number of nitrogens with one attached hydrogen (secondary N) is 2. The standard InChI is InChI=1S/C27H34ClN3O4/c1-4-14-31-23(25(33)30-19-7-5-6-15(2)16(19)3)27-13-12-20(35-27)21(22(27)26(31)34)24(32)29-18-10-8-17(28)9-11-18/h8-13,15-16,19-23H,4-7,14H2,1-3H3,(H,29,32)(H,30,33)/t15-,16+,19-,20+,21-,22+,23+,27+/m1/s1. The van der Waals surface area contributed by atoms with E-state index in [9.17, 15) is 14.4 Å². The summed E-state index contributed by atoms with van der Waals surface area (Å²) < 4.78 is 6.38. The average Bonchev–Trinajstić information content (AvgIpc) is 3.46. The molecule has 7 nitrogen and oxygen atoms in total. The molecule has 2 saturated heterocycles. The van der Waals surface area contributed by atoms with E-state index in [-0.39, 0.29) is 23.8 Å². The molecule has 4 aliphatic rings. The van der Waals surface area contributed by atoms with E-state index in [1.54, 1.807) is 29.2 Å².